The van der Waals surface area contributed by atoms with E-state index in [-0.39, 0.29) is 24.9 Å². The van der Waals surface area contributed by atoms with Crippen LogP contribution >= 0.6 is 0 Å². The Morgan fingerprint density at radius 1 is 0.800 bits per heavy atom. The fraction of sp³-hybridized carbons (Fsp3) is 1.00. The number of aliphatic hydroxyl groups is 1. The summed E-state index contributed by atoms with van der Waals surface area (Å²) in [5, 5.41) is 9.35. The highest BCUT2D eigenvalue weighted by Crippen LogP contribution is 2.21. The van der Waals surface area contributed by atoms with E-state index in [1.807, 2.05) is 41.5 Å². The van der Waals surface area contributed by atoms with Crippen molar-refractivity contribution >= 4 is 0 Å². The molecule has 1 N–H and O–H groups in total. The Bertz CT molecular complexity index is 139. The molecule has 92 valence electrons. The lowest BCUT2D eigenvalue weighted by molar-refractivity contribution is -0.418. The van der Waals surface area contributed by atoms with Gasteiger partial charge in [-0.15, -0.1) is 0 Å². The highest BCUT2D eigenvalue weighted by atomic mass is 16.9. The minimum Gasteiger partial charge on any atom is -0.388 e. The maximum Gasteiger partial charge on any atom is 0.308 e. The lowest BCUT2D eigenvalue weighted by atomic mass is 10.4. The van der Waals surface area contributed by atoms with E-state index >= 15 is 0 Å². The average molecular weight is 220 g/mol. The standard InChI is InChI=1S/C11H24O4/c1-8(2)13-11(7-12,14-9(3)4)15-10(5)6/h8-10,12H,7H2,1-6H3. The predicted octanol–water partition coefficient (Wildman–Crippen LogP) is 1.91. The molecule has 0 aliphatic heterocycles. The summed E-state index contributed by atoms with van der Waals surface area (Å²) >= 11 is 0. The molecule has 0 aliphatic carbocycles. The highest BCUT2D eigenvalue weighted by molar-refractivity contribution is 4.61. The van der Waals surface area contributed by atoms with Crippen LogP contribution < -0.4 is 0 Å². The summed E-state index contributed by atoms with van der Waals surface area (Å²) < 4.78 is 16.5. The van der Waals surface area contributed by atoms with E-state index in [0.29, 0.717) is 0 Å². The van der Waals surface area contributed by atoms with Crippen LogP contribution in [0, 0.1) is 0 Å². The van der Waals surface area contributed by atoms with Crippen LogP contribution in [-0.4, -0.2) is 36.0 Å². The molecule has 0 unspecified atom stereocenters. The van der Waals surface area contributed by atoms with Gasteiger partial charge in [-0.25, -0.2) is 0 Å². The normalized spacial score (nSPS) is 13.2. The first-order chi connectivity index (χ1) is 6.81. The molecule has 15 heavy (non-hydrogen) atoms. The molecule has 0 rings (SSSR count). The third-order valence-corrected chi connectivity index (χ3v) is 1.44. The predicted molar refractivity (Wildman–Crippen MR) is 58.5 cm³/mol. The van der Waals surface area contributed by atoms with Gasteiger partial charge in [0.2, 0.25) is 0 Å². The minimum atomic E-state index is -1.34. The van der Waals surface area contributed by atoms with Gasteiger partial charge in [0.15, 0.2) is 0 Å². The summed E-state index contributed by atoms with van der Waals surface area (Å²) in [6.45, 7) is 10.9. The van der Waals surface area contributed by atoms with Gasteiger partial charge in [0.1, 0.15) is 6.61 Å². The van der Waals surface area contributed by atoms with Crippen LogP contribution in [0.4, 0.5) is 0 Å². The second kappa shape index (κ2) is 6.43. The molecule has 0 atom stereocenters. The molecular formula is C11H24O4. The lowest BCUT2D eigenvalue weighted by Crippen LogP contribution is -2.47. The molecule has 0 spiro atoms. The Hall–Kier alpha value is -0.160. The van der Waals surface area contributed by atoms with E-state index in [4.69, 9.17) is 14.2 Å². The summed E-state index contributed by atoms with van der Waals surface area (Å²) in [6.07, 6.45) is -0.223. The molecule has 0 aromatic carbocycles. The van der Waals surface area contributed by atoms with E-state index in [2.05, 4.69) is 0 Å². The molecule has 4 heteroatoms. The van der Waals surface area contributed by atoms with Crippen molar-refractivity contribution in [3.63, 3.8) is 0 Å². The van der Waals surface area contributed by atoms with Gasteiger partial charge in [-0.05, 0) is 41.5 Å². The van der Waals surface area contributed by atoms with Crippen LogP contribution in [0.5, 0.6) is 0 Å². The largest absolute Gasteiger partial charge is 0.388 e. The molecule has 0 heterocycles. The average Bonchev–Trinajstić information content (AvgIpc) is 1.99. The van der Waals surface area contributed by atoms with E-state index in [9.17, 15) is 5.11 Å². The summed E-state index contributed by atoms with van der Waals surface area (Å²) in [5.74, 6) is -1.34. The molecule has 0 saturated heterocycles. The van der Waals surface area contributed by atoms with Crippen LogP contribution in [0.2, 0.25) is 0 Å². The zero-order valence-corrected chi connectivity index (χ0v) is 10.6. The van der Waals surface area contributed by atoms with Crippen molar-refractivity contribution in [2.75, 3.05) is 6.61 Å². The summed E-state index contributed by atoms with van der Waals surface area (Å²) in [5.41, 5.74) is 0. The molecule has 0 saturated carbocycles. The lowest BCUT2D eigenvalue weighted by Gasteiger charge is -2.36. The Labute approximate surface area is 92.5 Å². The van der Waals surface area contributed by atoms with E-state index in [0.717, 1.165) is 0 Å². The Balaban J connectivity index is 4.59. The molecule has 0 bridgehead atoms. The van der Waals surface area contributed by atoms with E-state index in [1.54, 1.807) is 0 Å². The van der Waals surface area contributed by atoms with Crippen LogP contribution in [0.15, 0.2) is 0 Å². The number of hydrogen-bond donors (Lipinski definition) is 1. The zero-order valence-electron chi connectivity index (χ0n) is 10.6. The molecule has 0 aromatic rings. The number of rotatable bonds is 7. The van der Waals surface area contributed by atoms with Crippen LogP contribution in [0.3, 0.4) is 0 Å². The zero-order chi connectivity index (χ0) is 12.1. The van der Waals surface area contributed by atoms with Gasteiger partial charge in [0, 0.05) is 0 Å². The fourth-order valence-electron chi connectivity index (χ4n) is 1.27. The Kier molecular flexibility index (Phi) is 6.36. The summed E-state index contributed by atoms with van der Waals surface area (Å²) in [7, 11) is 0. The van der Waals surface area contributed by atoms with Crippen LogP contribution in [0.1, 0.15) is 41.5 Å². The maximum absolute atomic E-state index is 9.35. The van der Waals surface area contributed by atoms with Crippen molar-refractivity contribution in [1.29, 1.82) is 0 Å². The van der Waals surface area contributed by atoms with E-state index < -0.39 is 5.97 Å². The van der Waals surface area contributed by atoms with Crippen molar-refractivity contribution in [1.82, 2.24) is 0 Å². The topological polar surface area (TPSA) is 47.9 Å². The molecule has 0 radical (unpaired) electrons. The molecule has 0 fully saturated rings. The van der Waals surface area contributed by atoms with Crippen molar-refractivity contribution in [3.8, 4) is 0 Å². The maximum atomic E-state index is 9.35. The van der Waals surface area contributed by atoms with Crippen molar-refractivity contribution in [2.24, 2.45) is 0 Å². The fourth-order valence-corrected chi connectivity index (χ4v) is 1.27. The van der Waals surface area contributed by atoms with Gasteiger partial charge < -0.3 is 19.3 Å². The van der Waals surface area contributed by atoms with Gasteiger partial charge in [-0.3, -0.25) is 0 Å². The first-order valence-electron chi connectivity index (χ1n) is 5.45. The van der Waals surface area contributed by atoms with Crippen LogP contribution in [0.25, 0.3) is 0 Å². The van der Waals surface area contributed by atoms with Crippen molar-refractivity contribution in [3.05, 3.63) is 0 Å². The third-order valence-electron chi connectivity index (χ3n) is 1.44. The number of ether oxygens (including phenoxy) is 3. The van der Waals surface area contributed by atoms with Gasteiger partial charge >= 0.3 is 5.97 Å². The quantitative estimate of drug-likeness (QED) is 0.666. The molecule has 0 aliphatic rings. The molecule has 4 nitrogen and oxygen atoms in total. The van der Waals surface area contributed by atoms with Gasteiger partial charge in [0.05, 0.1) is 18.3 Å². The minimum absolute atomic E-state index is 0.0744. The van der Waals surface area contributed by atoms with Crippen molar-refractivity contribution in [2.45, 2.75) is 65.8 Å². The molecule has 0 aromatic heterocycles. The number of hydrogen-bond acceptors (Lipinski definition) is 4. The van der Waals surface area contributed by atoms with Gasteiger partial charge in [-0.1, -0.05) is 0 Å². The van der Waals surface area contributed by atoms with Crippen molar-refractivity contribution < 1.29 is 19.3 Å². The third kappa shape index (κ3) is 6.10. The van der Waals surface area contributed by atoms with Crippen LogP contribution in [-0.2, 0) is 14.2 Å². The first-order valence-corrected chi connectivity index (χ1v) is 5.45. The summed E-state index contributed by atoms with van der Waals surface area (Å²) in [4.78, 5) is 0. The van der Waals surface area contributed by atoms with Gasteiger partial charge in [-0.2, -0.15) is 0 Å². The Morgan fingerprint density at radius 3 is 1.20 bits per heavy atom. The second-order valence-corrected chi connectivity index (χ2v) is 4.34. The monoisotopic (exact) mass is 220 g/mol. The van der Waals surface area contributed by atoms with Gasteiger partial charge in [0.25, 0.3) is 0 Å². The van der Waals surface area contributed by atoms with E-state index in [1.165, 1.54) is 0 Å². The highest BCUT2D eigenvalue weighted by Gasteiger charge is 2.36. The Morgan fingerprint density at radius 2 is 1.07 bits per heavy atom. The molecule has 0 amide bonds. The smallest absolute Gasteiger partial charge is 0.308 e. The second-order valence-electron chi connectivity index (χ2n) is 4.34. The molecular weight excluding hydrogens is 196 g/mol. The summed E-state index contributed by atoms with van der Waals surface area (Å²) in [6, 6.07) is 0. The SMILES string of the molecule is CC(C)OC(CO)(OC(C)C)OC(C)C. The first kappa shape index (κ1) is 14.8. The number of aliphatic hydroxyl groups excluding tert-OH is 1.